The number of nitro groups is 1. The van der Waals surface area contributed by atoms with Crippen LogP contribution in [0.4, 0.5) is 11.4 Å². The van der Waals surface area contributed by atoms with Gasteiger partial charge in [-0.2, -0.15) is 5.26 Å². The van der Waals surface area contributed by atoms with Gasteiger partial charge < -0.3 is 4.90 Å². The number of hydrogen-bond donors (Lipinski definition) is 0. The number of nitrogens with zero attached hydrogens (tertiary/aromatic N) is 3. The van der Waals surface area contributed by atoms with Crippen molar-refractivity contribution in [2.45, 2.75) is 13.5 Å². The van der Waals surface area contributed by atoms with E-state index in [4.69, 9.17) is 5.26 Å². The van der Waals surface area contributed by atoms with Crippen LogP contribution in [-0.4, -0.2) is 12.0 Å². The maximum absolute atomic E-state index is 11.2. The number of hydrogen-bond acceptors (Lipinski definition) is 4. The maximum atomic E-state index is 11.2. The van der Waals surface area contributed by atoms with E-state index in [0.29, 0.717) is 23.4 Å². The van der Waals surface area contributed by atoms with Crippen molar-refractivity contribution in [2.24, 2.45) is 0 Å². The van der Waals surface area contributed by atoms with Gasteiger partial charge in [0.2, 0.25) is 0 Å². The van der Waals surface area contributed by atoms with Crippen molar-refractivity contribution in [3.63, 3.8) is 0 Å². The summed E-state index contributed by atoms with van der Waals surface area (Å²) < 4.78 is 0. The van der Waals surface area contributed by atoms with Crippen molar-refractivity contribution in [2.75, 3.05) is 11.9 Å². The zero-order valence-electron chi connectivity index (χ0n) is 11.9. The average molecular weight is 281 g/mol. The van der Waals surface area contributed by atoms with Crippen molar-refractivity contribution in [3.05, 3.63) is 69.3 Å². The minimum Gasteiger partial charge on any atom is -0.365 e. The summed E-state index contributed by atoms with van der Waals surface area (Å²) in [6.45, 7) is 2.23. The Bertz CT molecular complexity index is 720. The predicted octanol–water partition coefficient (Wildman–Crippen LogP) is 3.41. The summed E-state index contributed by atoms with van der Waals surface area (Å²) in [7, 11) is 1.81. The number of aryl methyl sites for hydroxylation is 1. The third kappa shape index (κ3) is 3.18. The van der Waals surface area contributed by atoms with Crippen molar-refractivity contribution in [1.82, 2.24) is 0 Å². The van der Waals surface area contributed by atoms with Crippen LogP contribution in [-0.2, 0) is 6.54 Å². The van der Waals surface area contributed by atoms with Gasteiger partial charge in [0, 0.05) is 19.2 Å². The molecule has 0 N–H and O–H groups in total. The van der Waals surface area contributed by atoms with E-state index < -0.39 is 0 Å². The molecular weight excluding hydrogens is 266 g/mol. The zero-order valence-corrected chi connectivity index (χ0v) is 11.9. The third-order valence-corrected chi connectivity index (χ3v) is 3.29. The van der Waals surface area contributed by atoms with E-state index >= 15 is 0 Å². The minimum absolute atomic E-state index is 0.122. The Balaban J connectivity index is 2.33. The molecule has 0 aromatic heterocycles. The molecule has 0 radical (unpaired) electrons. The molecule has 2 rings (SSSR count). The molecule has 2 aromatic carbocycles. The molecule has 0 aliphatic rings. The van der Waals surface area contributed by atoms with Crippen LogP contribution in [0.25, 0.3) is 0 Å². The molecule has 0 saturated carbocycles. The van der Waals surface area contributed by atoms with Gasteiger partial charge in [-0.25, -0.2) is 0 Å². The zero-order chi connectivity index (χ0) is 15.4. The minimum atomic E-state index is -0.354. The summed E-state index contributed by atoms with van der Waals surface area (Å²) >= 11 is 0. The standard InChI is InChI=1S/C16H15N3O2/c1-12-5-3-8-15(16(12)19(20)21)18(2)11-14-7-4-6-13(9-14)10-17/h3-9H,11H2,1-2H3. The number of para-hydroxylation sites is 1. The number of benzene rings is 2. The highest BCUT2D eigenvalue weighted by atomic mass is 16.6. The highest BCUT2D eigenvalue weighted by molar-refractivity contribution is 5.66. The molecule has 0 saturated heterocycles. The topological polar surface area (TPSA) is 70.2 Å². The Labute approximate surface area is 123 Å². The second-order valence-electron chi connectivity index (χ2n) is 4.87. The first-order chi connectivity index (χ1) is 10.0. The lowest BCUT2D eigenvalue weighted by molar-refractivity contribution is -0.384. The third-order valence-electron chi connectivity index (χ3n) is 3.29. The van der Waals surface area contributed by atoms with Gasteiger partial charge in [-0.3, -0.25) is 10.1 Å². The Morgan fingerprint density at radius 3 is 2.67 bits per heavy atom. The molecule has 106 valence electrons. The van der Waals surface area contributed by atoms with Crippen molar-refractivity contribution < 1.29 is 4.92 Å². The summed E-state index contributed by atoms with van der Waals surface area (Å²) in [4.78, 5) is 12.7. The van der Waals surface area contributed by atoms with Gasteiger partial charge in [-0.1, -0.05) is 24.3 Å². The molecule has 2 aromatic rings. The predicted molar refractivity (Wildman–Crippen MR) is 81.1 cm³/mol. The smallest absolute Gasteiger partial charge is 0.295 e. The van der Waals surface area contributed by atoms with E-state index in [-0.39, 0.29) is 10.6 Å². The Morgan fingerprint density at radius 1 is 1.29 bits per heavy atom. The van der Waals surface area contributed by atoms with Gasteiger partial charge >= 0.3 is 0 Å². The number of nitriles is 1. The van der Waals surface area contributed by atoms with E-state index in [1.54, 1.807) is 44.3 Å². The van der Waals surface area contributed by atoms with Crippen molar-refractivity contribution in [1.29, 1.82) is 5.26 Å². The number of rotatable bonds is 4. The molecular formula is C16H15N3O2. The lowest BCUT2D eigenvalue weighted by Gasteiger charge is -2.20. The normalized spacial score (nSPS) is 9.95. The Hall–Kier alpha value is -2.87. The molecule has 0 unspecified atom stereocenters. The van der Waals surface area contributed by atoms with Crippen LogP contribution in [0, 0.1) is 28.4 Å². The summed E-state index contributed by atoms with van der Waals surface area (Å²) in [6.07, 6.45) is 0. The second-order valence-corrected chi connectivity index (χ2v) is 4.87. The van der Waals surface area contributed by atoms with Gasteiger partial charge in [0.25, 0.3) is 5.69 Å². The lowest BCUT2D eigenvalue weighted by atomic mass is 10.1. The first-order valence-corrected chi connectivity index (χ1v) is 6.47. The quantitative estimate of drug-likeness (QED) is 0.636. The molecule has 5 heteroatoms. The lowest BCUT2D eigenvalue weighted by Crippen LogP contribution is -2.18. The van der Waals surface area contributed by atoms with E-state index in [2.05, 4.69) is 6.07 Å². The highest BCUT2D eigenvalue weighted by Crippen LogP contribution is 2.31. The molecule has 0 aliphatic carbocycles. The molecule has 0 heterocycles. The summed E-state index contributed by atoms with van der Waals surface area (Å²) in [6, 6.07) is 14.6. The number of nitro benzene ring substituents is 1. The van der Waals surface area contributed by atoms with Gasteiger partial charge in [-0.05, 0) is 30.7 Å². The summed E-state index contributed by atoms with van der Waals surface area (Å²) in [5.74, 6) is 0. The van der Waals surface area contributed by atoms with Crippen molar-refractivity contribution >= 4 is 11.4 Å². The van der Waals surface area contributed by atoms with E-state index in [9.17, 15) is 10.1 Å². The summed E-state index contributed by atoms with van der Waals surface area (Å²) in [5, 5.41) is 20.1. The fourth-order valence-corrected chi connectivity index (χ4v) is 2.29. The van der Waals surface area contributed by atoms with Gasteiger partial charge in [0.15, 0.2) is 0 Å². The maximum Gasteiger partial charge on any atom is 0.295 e. The van der Waals surface area contributed by atoms with Crippen molar-refractivity contribution in [3.8, 4) is 6.07 Å². The average Bonchev–Trinajstić information content (AvgIpc) is 2.46. The van der Waals surface area contributed by atoms with Crippen LogP contribution in [0.5, 0.6) is 0 Å². The molecule has 0 amide bonds. The largest absolute Gasteiger partial charge is 0.365 e. The molecule has 5 nitrogen and oxygen atoms in total. The van der Waals surface area contributed by atoms with Crippen LogP contribution < -0.4 is 4.90 Å². The van der Waals surface area contributed by atoms with Crippen LogP contribution >= 0.6 is 0 Å². The van der Waals surface area contributed by atoms with Crippen LogP contribution in [0.2, 0.25) is 0 Å². The second kappa shape index (κ2) is 6.06. The van der Waals surface area contributed by atoms with Crippen LogP contribution in [0.15, 0.2) is 42.5 Å². The Kier molecular flexibility index (Phi) is 4.19. The monoisotopic (exact) mass is 281 g/mol. The molecule has 0 bridgehead atoms. The Morgan fingerprint density at radius 2 is 2.00 bits per heavy atom. The van der Waals surface area contributed by atoms with Gasteiger partial charge in [0.1, 0.15) is 5.69 Å². The molecule has 0 atom stereocenters. The van der Waals surface area contributed by atoms with E-state index in [1.165, 1.54) is 0 Å². The van der Waals surface area contributed by atoms with Gasteiger partial charge in [-0.15, -0.1) is 0 Å². The highest BCUT2D eigenvalue weighted by Gasteiger charge is 2.19. The molecule has 0 aliphatic heterocycles. The van der Waals surface area contributed by atoms with Crippen LogP contribution in [0.3, 0.4) is 0 Å². The molecule has 0 fully saturated rings. The van der Waals surface area contributed by atoms with Crippen LogP contribution in [0.1, 0.15) is 16.7 Å². The number of anilines is 1. The SMILES string of the molecule is Cc1cccc(N(C)Cc2cccc(C#N)c2)c1[N+](=O)[O-]. The first kappa shape index (κ1) is 14.5. The van der Waals surface area contributed by atoms with E-state index in [1.807, 2.05) is 17.0 Å². The summed E-state index contributed by atoms with van der Waals surface area (Å²) in [5.41, 5.74) is 2.85. The fraction of sp³-hybridized carbons (Fsp3) is 0.188. The molecule has 0 spiro atoms. The fourth-order valence-electron chi connectivity index (χ4n) is 2.29. The first-order valence-electron chi connectivity index (χ1n) is 6.47. The van der Waals surface area contributed by atoms with Gasteiger partial charge in [0.05, 0.1) is 16.6 Å². The molecule has 21 heavy (non-hydrogen) atoms. The van der Waals surface area contributed by atoms with E-state index in [0.717, 1.165) is 5.56 Å².